The maximum Gasteiger partial charge on any atom is 0.0386 e. The Kier molecular flexibility index (Phi) is 26.6. The normalized spacial score (nSPS) is 15.5. The molecule has 2 saturated carbocycles. The highest BCUT2D eigenvalue weighted by atomic mass is 32.2. The summed E-state index contributed by atoms with van der Waals surface area (Å²) in [5.41, 5.74) is 9.00. The molecule has 200 valence electrons. The molecule has 0 aliphatic heterocycles. The predicted molar refractivity (Wildman–Crippen MR) is 170 cm³/mol. The molecule has 0 saturated heterocycles. The average Bonchev–Trinajstić information content (AvgIpc) is 2.94. The van der Waals surface area contributed by atoms with Crippen molar-refractivity contribution in [3.05, 3.63) is 60.7 Å². The molecule has 2 nitrogen and oxygen atoms in total. The maximum absolute atomic E-state index is 4.50. The molecule has 2 aromatic carbocycles. The Labute approximate surface area is 234 Å². The van der Waals surface area contributed by atoms with Gasteiger partial charge in [-0.2, -0.15) is 23.5 Å². The van der Waals surface area contributed by atoms with Gasteiger partial charge in [0, 0.05) is 25.4 Å². The molecule has 0 amide bonds. The van der Waals surface area contributed by atoms with Crippen LogP contribution in [0.2, 0.25) is 0 Å². The lowest BCUT2D eigenvalue weighted by Gasteiger charge is -2.20. The Bertz CT molecular complexity index is 589. The molecule has 0 bridgehead atoms. The largest absolute Gasteiger partial charge is 0.333 e. The Morgan fingerprint density at radius 2 is 0.857 bits per heavy atom. The zero-order valence-electron chi connectivity index (χ0n) is 22.5. The lowest BCUT2D eigenvalue weighted by Crippen LogP contribution is -2.07. The van der Waals surface area contributed by atoms with Crippen LogP contribution in [0.5, 0.6) is 0 Å². The summed E-state index contributed by atoms with van der Waals surface area (Å²) < 4.78 is 0. The molecule has 0 atom stereocenters. The van der Waals surface area contributed by atoms with E-state index in [1.54, 1.807) is 0 Å². The standard InChI is InChI=1S/2C12H16S.C3H8S2.2CH5N/c2*1-3-7-11(8-4-1)13-12-9-5-2-6-10-12;1-4-3-5-2;2*1-2/h2*1,3-4,7-8,12H,2,5-6,9-10H2;3H2,1-2H3;2*2H2,1H3. The van der Waals surface area contributed by atoms with Crippen LogP contribution in [0.3, 0.4) is 0 Å². The van der Waals surface area contributed by atoms with Crippen molar-refractivity contribution >= 4 is 47.0 Å². The van der Waals surface area contributed by atoms with Crippen molar-refractivity contribution in [3.8, 4) is 0 Å². The van der Waals surface area contributed by atoms with Crippen LogP contribution in [-0.2, 0) is 0 Å². The number of rotatable bonds is 6. The second-order valence-electron chi connectivity index (χ2n) is 8.08. The zero-order valence-corrected chi connectivity index (χ0v) is 25.8. The molecule has 0 spiro atoms. The van der Waals surface area contributed by atoms with Crippen molar-refractivity contribution in [3.63, 3.8) is 0 Å². The molecular formula is C29H50N2S4. The molecule has 2 fully saturated rings. The van der Waals surface area contributed by atoms with E-state index in [-0.39, 0.29) is 0 Å². The predicted octanol–water partition coefficient (Wildman–Crippen LogP) is 9.04. The van der Waals surface area contributed by atoms with E-state index in [1.165, 1.54) is 93.2 Å². The molecule has 0 unspecified atom stereocenters. The van der Waals surface area contributed by atoms with E-state index in [1.807, 2.05) is 23.5 Å². The van der Waals surface area contributed by atoms with Crippen LogP contribution >= 0.6 is 47.0 Å². The first-order valence-corrected chi connectivity index (χ1v) is 17.4. The Morgan fingerprint density at radius 3 is 1.11 bits per heavy atom. The van der Waals surface area contributed by atoms with Crippen LogP contribution in [-0.4, -0.2) is 42.2 Å². The van der Waals surface area contributed by atoms with Gasteiger partial charge in [-0.25, -0.2) is 0 Å². The van der Waals surface area contributed by atoms with Crippen LogP contribution in [0.1, 0.15) is 64.2 Å². The van der Waals surface area contributed by atoms with E-state index in [4.69, 9.17) is 0 Å². The summed E-state index contributed by atoms with van der Waals surface area (Å²) in [5, 5.41) is 2.99. The van der Waals surface area contributed by atoms with Gasteiger partial charge in [-0.15, -0.1) is 23.5 Å². The van der Waals surface area contributed by atoms with Gasteiger partial charge in [0.2, 0.25) is 0 Å². The van der Waals surface area contributed by atoms with Crippen molar-refractivity contribution in [2.75, 3.05) is 31.7 Å². The van der Waals surface area contributed by atoms with Gasteiger partial charge in [0.1, 0.15) is 0 Å². The molecule has 0 radical (unpaired) electrons. The monoisotopic (exact) mass is 554 g/mol. The van der Waals surface area contributed by atoms with Crippen molar-refractivity contribution in [1.82, 2.24) is 0 Å². The van der Waals surface area contributed by atoms with E-state index in [0.29, 0.717) is 0 Å². The van der Waals surface area contributed by atoms with Gasteiger partial charge in [0.25, 0.3) is 0 Å². The molecule has 4 rings (SSSR count). The number of thioether (sulfide) groups is 4. The summed E-state index contributed by atoms with van der Waals surface area (Å²) in [4.78, 5) is 2.88. The Hall–Kier alpha value is -0.240. The minimum atomic E-state index is 0.885. The molecule has 6 heteroatoms. The number of hydrogen-bond acceptors (Lipinski definition) is 6. The minimum Gasteiger partial charge on any atom is -0.333 e. The topological polar surface area (TPSA) is 52.0 Å². The third-order valence-electron chi connectivity index (χ3n) is 5.43. The second kappa shape index (κ2) is 26.8. The highest BCUT2D eigenvalue weighted by Crippen LogP contribution is 2.34. The van der Waals surface area contributed by atoms with E-state index in [0.717, 1.165) is 10.5 Å². The lowest BCUT2D eigenvalue weighted by atomic mass is 10.0. The van der Waals surface area contributed by atoms with E-state index in [2.05, 4.69) is 108 Å². The second-order valence-corrected chi connectivity index (χ2v) is 12.9. The molecule has 4 N–H and O–H groups in total. The van der Waals surface area contributed by atoms with Crippen molar-refractivity contribution in [2.24, 2.45) is 11.5 Å². The maximum atomic E-state index is 4.50. The van der Waals surface area contributed by atoms with Crippen molar-refractivity contribution < 1.29 is 0 Å². The molecule has 35 heavy (non-hydrogen) atoms. The smallest absolute Gasteiger partial charge is 0.0386 e. The fraction of sp³-hybridized carbons (Fsp3) is 0.586. The highest BCUT2D eigenvalue weighted by Gasteiger charge is 2.14. The number of hydrogen-bond donors (Lipinski definition) is 2. The van der Waals surface area contributed by atoms with Crippen LogP contribution in [0.15, 0.2) is 70.5 Å². The van der Waals surface area contributed by atoms with Crippen LogP contribution < -0.4 is 11.5 Å². The molecule has 2 aliphatic carbocycles. The summed E-state index contributed by atoms with van der Waals surface area (Å²) >= 11 is 7.86. The fourth-order valence-electron chi connectivity index (χ4n) is 3.87. The van der Waals surface area contributed by atoms with Crippen molar-refractivity contribution in [2.45, 2.75) is 84.5 Å². The van der Waals surface area contributed by atoms with Gasteiger partial charge in [0.15, 0.2) is 0 Å². The first-order chi connectivity index (χ1) is 17.3. The summed E-state index contributed by atoms with van der Waals surface area (Å²) in [6.45, 7) is 0. The zero-order chi connectivity index (χ0) is 26.0. The first-order valence-electron chi connectivity index (χ1n) is 12.9. The lowest BCUT2D eigenvalue weighted by molar-refractivity contribution is 0.516. The highest BCUT2D eigenvalue weighted by molar-refractivity contribution is 8.15. The number of nitrogens with two attached hydrogens (primary N) is 2. The summed E-state index contributed by atoms with van der Waals surface area (Å²) in [6.07, 6.45) is 18.5. The molecule has 2 aliphatic rings. The minimum absolute atomic E-state index is 0.885. The van der Waals surface area contributed by atoms with E-state index >= 15 is 0 Å². The third kappa shape index (κ3) is 19.5. The van der Waals surface area contributed by atoms with Gasteiger partial charge in [-0.05, 0) is 76.6 Å². The SMILES string of the molecule is CN.CN.CSCSC.c1ccc(SC2CCCCC2)cc1.c1ccc(SC2CCCCC2)cc1. The van der Waals surface area contributed by atoms with Crippen LogP contribution in [0.4, 0.5) is 0 Å². The summed E-state index contributed by atoms with van der Waals surface area (Å²) in [5.74, 6) is 0. The molecule has 0 aromatic heterocycles. The summed E-state index contributed by atoms with van der Waals surface area (Å²) in [6, 6.07) is 21.6. The van der Waals surface area contributed by atoms with Gasteiger partial charge in [0.05, 0.1) is 0 Å². The number of benzene rings is 2. The Morgan fingerprint density at radius 1 is 0.543 bits per heavy atom. The Balaban J connectivity index is 0.000000499. The molecule has 2 aromatic rings. The van der Waals surface area contributed by atoms with Gasteiger partial charge in [-0.3, -0.25) is 0 Å². The van der Waals surface area contributed by atoms with Gasteiger partial charge in [-0.1, -0.05) is 74.9 Å². The van der Waals surface area contributed by atoms with E-state index in [9.17, 15) is 0 Å². The first kappa shape index (κ1) is 34.8. The molecule has 0 heterocycles. The van der Waals surface area contributed by atoms with Gasteiger partial charge < -0.3 is 11.5 Å². The van der Waals surface area contributed by atoms with Gasteiger partial charge >= 0.3 is 0 Å². The van der Waals surface area contributed by atoms with Crippen LogP contribution in [0, 0.1) is 0 Å². The fourth-order valence-corrected chi connectivity index (χ4v) is 7.35. The third-order valence-corrected chi connectivity index (χ3v) is 10.0. The van der Waals surface area contributed by atoms with E-state index < -0.39 is 0 Å². The molecular weight excluding hydrogens is 505 g/mol. The quantitative estimate of drug-likeness (QED) is 0.347. The summed E-state index contributed by atoms with van der Waals surface area (Å²) in [7, 11) is 3.00. The van der Waals surface area contributed by atoms with Crippen LogP contribution in [0.25, 0.3) is 0 Å². The van der Waals surface area contributed by atoms with Crippen molar-refractivity contribution in [1.29, 1.82) is 0 Å². The average molecular weight is 555 g/mol.